The number of aryl methyl sites for hydroxylation is 1. The maximum absolute atomic E-state index is 12.3. The summed E-state index contributed by atoms with van der Waals surface area (Å²) in [4.78, 5) is 12.3. The van der Waals surface area contributed by atoms with Crippen molar-refractivity contribution in [3.8, 4) is 17.0 Å². The zero-order valence-corrected chi connectivity index (χ0v) is 18.3. The standard InChI is InChI=1S/C26H22ClN3O2/c1-16-3-2-4-17(13-16)15-32-21-11-7-18(8-12-21)22-14-23(31)28-26-24(22)25(29-30-26)19-5-9-20(27)10-6-19/h2-13,22H,14-15H2,1H3,(H2,28,29,30,31). The third kappa shape index (κ3) is 4.12. The highest BCUT2D eigenvalue weighted by molar-refractivity contribution is 6.30. The molecule has 0 aliphatic carbocycles. The van der Waals surface area contributed by atoms with Crippen LogP contribution in [0.1, 0.15) is 34.6 Å². The lowest BCUT2D eigenvalue weighted by atomic mass is 9.84. The number of H-pyrrole nitrogens is 1. The number of nitrogens with one attached hydrogen (secondary N) is 2. The Kier molecular flexibility index (Phi) is 5.41. The molecule has 1 aliphatic heterocycles. The van der Waals surface area contributed by atoms with Crippen LogP contribution in [0.4, 0.5) is 5.82 Å². The van der Waals surface area contributed by atoms with E-state index in [-0.39, 0.29) is 11.8 Å². The van der Waals surface area contributed by atoms with Crippen molar-refractivity contribution in [2.45, 2.75) is 25.9 Å². The summed E-state index contributed by atoms with van der Waals surface area (Å²) >= 11 is 6.05. The minimum Gasteiger partial charge on any atom is -0.489 e. The first-order valence-electron chi connectivity index (χ1n) is 10.5. The fraction of sp³-hybridized carbons (Fsp3) is 0.154. The highest BCUT2D eigenvalue weighted by atomic mass is 35.5. The molecule has 0 spiro atoms. The van der Waals surface area contributed by atoms with E-state index in [9.17, 15) is 4.79 Å². The molecule has 0 saturated carbocycles. The molecule has 1 aromatic heterocycles. The normalized spacial score (nSPS) is 15.2. The van der Waals surface area contributed by atoms with Gasteiger partial charge in [-0.25, -0.2) is 0 Å². The average Bonchev–Trinajstić information content (AvgIpc) is 3.22. The van der Waals surface area contributed by atoms with Crippen LogP contribution in [0.3, 0.4) is 0 Å². The van der Waals surface area contributed by atoms with E-state index in [1.54, 1.807) is 0 Å². The summed E-state index contributed by atoms with van der Waals surface area (Å²) in [5.41, 5.74) is 6.24. The van der Waals surface area contributed by atoms with Crippen LogP contribution in [-0.2, 0) is 11.4 Å². The van der Waals surface area contributed by atoms with E-state index in [0.29, 0.717) is 23.9 Å². The van der Waals surface area contributed by atoms with E-state index in [4.69, 9.17) is 16.3 Å². The summed E-state index contributed by atoms with van der Waals surface area (Å²) in [5.74, 6) is 1.22. The van der Waals surface area contributed by atoms with E-state index in [2.05, 4.69) is 40.6 Å². The molecule has 5 rings (SSSR count). The molecule has 160 valence electrons. The van der Waals surface area contributed by atoms with Gasteiger partial charge in [0.2, 0.25) is 5.91 Å². The molecule has 5 nitrogen and oxygen atoms in total. The van der Waals surface area contributed by atoms with E-state index >= 15 is 0 Å². The number of anilines is 1. The number of nitrogens with zero attached hydrogens (tertiary/aromatic N) is 1. The summed E-state index contributed by atoms with van der Waals surface area (Å²) in [7, 11) is 0. The lowest BCUT2D eigenvalue weighted by Crippen LogP contribution is -2.23. The zero-order chi connectivity index (χ0) is 22.1. The van der Waals surface area contributed by atoms with Gasteiger partial charge in [0.1, 0.15) is 12.4 Å². The molecule has 1 amide bonds. The van der Waals surface area contributed by atoms with Crippen molar-refractivity contribution in [2.75, 3.05) is 5.32 Å². The molecule has 1 aliphatic rings. The van der Waals surface area contributed by atoms with E-state index in [1.807, 2.05) is 54.6 Å². The largest absolute Gasteiger partial charge is 0.489 e. The molecule has 32 heavy (non-hydrogen) atoms. The Morgan fingerprint density at radius 2 is 1.84 bits per heavy atom. The molecule has 0 fully saturated rings. The van der Waals surface area contributed by atoms with Gasteiger partial charge >= 0.3 is 0 Å². The summed E-state index contributed by atoms with van der Waals surface area (Å²) in [6.07, 6.45) is 0.358. The van der Waals surface area contributed by atoms with Gasteiger partial charge in [-0.15, -0.1) is 0 Å². The third-order valence-electron chi connectivity index (χ3n) is 5.70. The van der Waals surface area contributed by atoms with Gasteiger partial charge in [0.15, 0.2) is 5.82 Å². The number of aromatic amines is 1. The number of aromatic nitrogens is 2. The van der Waals surface area contributed by atoms with Crippen LogP contribution in [0.5, 0.6) is 5.75 Å². The number of fused-ring (bicyclic) bond motifs is 1. The molecule has 0 bridgehead atoms. The van der Waals surface area contributed by atoms with Crippen molar-refractivity contribution in [3.63, 3.8) is 0 Å². The van der Waals surface area contributed by atoms with E-state index in [1.165, 1.54) is 5.56 Å². The number of hydrogen-bond donors (Lipinski definition) is 2. The first-order chi connectivity index (χ1) is 15.6. The maximum Gasteiger partial charge on any atom is 0.226 e. The highest BCUT2D eigenvalue weighted by Crippen LogP contribution is 2.42. The Hall–Kier alpha value is -3.57. The topological polar surface area (TPSA) is 67.0 Å². The maximum atomic E-state index is 12.3. The van der Waals surface area contributed by atoms with E-state index < -0.39 is 0 Å². The second kappa shape index (κ2) is 8.52. The minimum atomic E-state index is -0.103. The van der Waals surface area contributed by atoms with Crippen molar-refractivity contribution in [3.05, 3.63) is 100 Å². The van der Waals surface area contributed by atoms with Gasteiger partial charge in [-0.2, -0.15) is 5.10 Å². The van der Waals surface area contributed by atoms with Gasteiger partial charge in [-0.3, -0.25) is 9.89 Å². The van der Waals surface area contributed by atoms with Gasteiger partial charge in [-0.05, 0) is 42.3 Å². The number of benzene rings is 3. The number of ether oxygens (including phenoxy) is 1. The van der Waals surface area contributed by atoms with Crippen molar-refractivity contribution in [1.82, 2.24) is 10.2 Å². The van der Waals surface area contributed by atoms with Crippen molar-refractivity contribution >= 4 is 23.3 Å². The van der Waals surface area contributed by atoms with Crippen LogP contribution >= 0.6 is 11.6 Å². The lowest BCUT2D eigenvalue weighted by molar-refractivity contribution is -0.116. The summed E-state index contributed by atoms with van der Waals surface area (Å²) in [5, 5.41) is 11.0. The van der Waals surface area contributed by atoms with Gasteiger partial charge in [0.25, 0.3) is 0 Å². The highest BCUT2D eigenvalue weighted by Gasteiger charge is 2.32. The van der Waals surface area contributed by atoms with Gasteiger partial charge in [0.05, 0.1) is 5.69 Å². The summed E-state index contributed by atoms with van der Waals surface area (Å²) < 4.78 is 5.96. The number of carbonyl (C=O) groups is 1. The Labute approximate surface area is 191 Å². The fourth-order valence-electron chi connectivity index (χ4n) is 4.14. The van der Waals surface area contributed by atoms with Crippen LogP contribution in [-0.4, -0.2) is 16.1 Å². The molecule has 6 heteroatoms. The van der Waals surface area contributed by atoms with Gasteiger partial charge in [-0.1, -0.05) is 65.7 Å². The first kappa shape index (κ1) is 20.3. The van der Waals surface area contributed by atoms with Crippen molar-refractivity contribution in [1.29, 1.82) is 0 Å². The van der Waals surface area contributed by atoms with E-state index in [0.717, 1.165) is 33.7 Å². The quantitative estimate of drug-likeness (QED) is 0.392. The Bertz CT molecular complexity index is 1260. The lowest BCUT2D eigenvalue weighted by Gasteiger charge is -2.23. The average molecular weight is 444 g/mol. The van der Waals surface area contributed by atoms with Crippen LogP contribution in [0.2, 0.25) is 5.02 Å². The van der Waals surface area contributed by atoms with Crippen LogP contribution in [0, 0.1) is 6.92 Å². The van der Waals surface area contributed by atoms with Crippen molar-refractivity contribution in [2.24, 2.45) is 0 Å². The van der Waals surface area contributed by atoms with Crippen LogP contribution < -0.4 is 10.1 Å². The first-order valence-corrected chi connectivity index (χ1v) is 10.9. The number of hydrogen-bond acceptors (Lipinski definition) is 3. The molecule has 0 radical (unpaired) electrons. The fourth-order valence-corrected chi connectivity index (χ4v) is 4.27. The molecule has 1 atom stereocenters. The predicted octanol–water partition coefficient (Wildman–Crippen LogP) is 6.09. The minimum absolute atomic E-state index is 0.0450. The number of rotatable bonds is 5. The zero-order valence-electron chi connectivity index (χ0n) is 17.6. The molecule has 3 aromatic carbocycles. The monoisotopic (exact) mass is 443 g/mol. The molecule has 2 N–H and O–H groups in total. The Morgan fingerprint density at radius 3 is 2.59 bits per heavy atom. The third-order valence-corrected chi connectivity index (χ3v) is 5.96. The molecule has 4 aromatic rings. The van der Waals surface area contributed by atoms with Crippen LogP contribution in [0.25, 0.3) is 11.3 Å². The molecule has 1 unspecified atom stereocenters. The van der Waals surface area contributed by atoms with Gasteiger partial charge < -0.3 is 10.1 Å². The number of amides is 1. The summed E-state index contributed by atoms with van der Waals surface area (Å²) in [6.45, 7) is 2.58. The SMILES string of the molecule is Cc1cccc(COc2ccc(C3CC(=O)Nc4n[nH]c(-c5ccc(Cl)cc5)c43)cc2)c1. The predicted molar refractivity (Wildman–Crippen MR) is 126 cm³/mol. The summed E-state index contributed by atoms with van der Waals surface area (Å²) in [6, 6.07) is 23.8. The Morgan fingerprint density at radius 1 is 1.06 bits per heavy atom. The van der Waals surface area contributed by atoms with Crippen LogP contribution in [0.15, 0.2) is 72.8 Å². The number of halogens is 1. The number of carbonyl (C=O) groups excluding carboxylic acids is 1. The molecular weight excluding hydrogens is 422 g/mol. The Balaban J connectivity index is 1.41. The van der Waals surface area contributed by atoms with Gasteiger partial charge in [0, 0.05) is 28.5 Å². The second-order valence-electron chi connectivity index (χ2n) is 8.02. The smallest absolute Gasteiger partial charge is 0.226 e. The second-order valence-corrected chi connectivity index (χ2v) is 8.46. The molecule has 2 heterocycles. The van der Waals surface area contributed by atoms with Crippen molar-refractivity contribution < 1.29 is 9.53 Å². The molecule has 0 saturated heterocycles. The molecular formula is C26H22ClN3O2.